The molecule has 5 rings (SSSR count). The number of piperidine rings is 1. The summed E-state index contributed by atoms with van der Waals surface area (Å²) in [5.74, 6) is 2.16. The van der Waals surface area contributed by atoms with Crippen LogP contribution in [-0.4, -0.2) is 54.6 Å². The minimum absolute atomic E-state index is 0.000174. The number of fused-ring (bicyclic) bond motifs is 1. The third-order valence-electron chi connectivity index (χ3n) is 7.19. The molecule has 3 aromatic rings. The van der Waals surface area contributed by atoms with E-state index in [9.17, 15) is 9.59 Å². The Morgan fingerprint density at radius 1 is 1.03 bits per heavy atom. The first-order valence-electron chi connectivity index (χ1n) is 12.1. The molecule has 2 aromatic carbocycles. The monoisotopic (exact) mass is 474 g/mol. The number of aryl methyl sites for hydroxylation is 1. The largest absolute Gasteiger partial charge is 0.469 e. The van der Waals surface area contributed by atoms with Gasteiger partial charge in [0.25, 0.3) is 11.8 Å². The highest BCUT2D eigenvalue weighted by Gasteiger charge is 2.34. The number of nitrogens with zero attached hydrogens (tertiary/aromatic N) is 2. The van der Waals surface area contributed by atoms with Crippen molar-refractivity contribution in [2.24, 2.45) is 5.92 Å². The molecule has 3 heterocycles. The van der Waals surface area contributed by atoms with Crippen molar-refractivity contribution >= 4 is 11.8 Å². The van der Waals surface area contributed by atoms with Crippen LogP contribution >= 0.6 is 0 Å². The summed E-state index contributed by atoms with van der Waals surface area (Å²) in [6, 6.07) is 17.4. The maximum Gasteiger partial charge on any atom is 0.257 e. The Balaban J connectivity index is 1.30. The summed E-state index contributed by atoms with van der Waals surface area (Å²) in [6.45, 7) is 3.30. The Morgan fingerprint density at radius 3 is 2.49 bits per heavy atom. The fourth-order valence-corrected chi connectivity index (χ4v) is 5.12. The molecule has 2 amide bonds. The fraction of sp³-hybridized carbons (Fsp3) is 0.357. The minimum Gasteiger partial charge on any atom is -0.469 e. The number of hydrogen-bond donors (Lipinski definition) is 0. The number of rotatable bonds is 6. The van der Waals surface area contributed by atoms with Crippen LogP contribution in [-0.2, 0) is 6.42 Å². The van der Waals surface area contributed by atoms with Crippen LogP contribution in [0.4, 0.5) is 0 Å². The molecule has 1 aromatic heterocycles. The van der Waals surface area contributed by atoms with E-state index >= 15 is 0 Å². The van der Waals surface area contributed by atoms with E-state index in [2.05, 4.69) is 12.1 Å². The molecule has 182 valence electrons. The molecule has 7 heteroatoms. The van der Waals surface area contributed by atoms with Gasteiger partial charge in [0.15, 0.2) is 11.5 Å². The third-order valence-corrected chi connectivity index (χ3v) is 7.19. The quantitative estimate of drug-likeness (QED) is 0.524. The van der Waals surface area contributed by atoms with Crippen molar-refractivity contribution in [2.45, 2.75) is 32.2 Å². The van der Waals surface area contributed by atoms with Gasteiger partial charge in [0.2, 0.25) is 6.79 Å². The average Bonchev–Trinajstić information content (AvgIpc) is 3.55. The van der Waals surface area contributed by atoms with E-state index < -0.39 is 0 Å². The Morgan fingerprint density at radius 2 is 1.77 bits per heavy atom. The number of hydrogen-bond acceptors (Lipinski definition) is 5. The maximum atomic E-state index is 13.3. The number of amides is 2. The number of likely N-dealkylation sites (N-methyl/N-ethyl adjacent to an activating group) is 1. The average molecular weight is 475 g/mol. The summed E-state index contributed by atoms with van der Waals surface area (Å²) in [5.41, 5.74) is 2.40. The second-order valence-corrected chi connectivity index (χ2v) is 9.26. The predicted octanol–water partition coefficient (Wildman–Crippen LogP) is 4.55. The van der Waals surface area contributed by atoms with Crippen molar-refractivity contribution in [3.63, 3.8) is 0 Å². The smallest absolute Gasteiger partial charge is 0.257 e. The summed E-state index contributed by atoms with van der Waals surface area (Å²) in [4.78, 5) is 30.3. The zero-order valence-electron chi connectivity index (χ0n) is 20.1. The van der Waals surface area contributed by atoms with Crippen molar-refractivity contribution in [3.05, 3.63) is 83.3 Å². The first-order valence-corrected chi connectivity index (χ1v) is 12.1. The van der Waals surface area contributed by atoms with Gasteiger partial charge in [-0.25, -0.2) is 0 Å². The Bertz CT molecular complexity index is 1200. The predicted molar refractivity (Wildman–Crippen MR) is 131 cm³/mol. The number of carbonyl (C=O) groups is 2. The van der Waals surface area contributed by atoms with E-state index in [1.165, 1.54) is 5.56 Å². The van der Waals surface area contributed by atoms with Crippen molar-refractivity contribution in [1.29, 1.82) is 0 Å². The van der Waals surface area contributed by atoms with E-state index in [1.54, 1.807) is 30.5 Å². The second kappa shape index (κ2) is 9.86. The molecule has 0 radical (unpaired) electrons. The molecule has 7 nitrogen and oxygen atoms in total. The van der Waals surface area contributed by atoms with Crippen LogP contribution in [0.25, 0.3) is 0 Å². The van der Waals surface area contributed by atoms with Crippen LogP contribution in [0.3, 0.4) is 0 Å². The lowest BCUT2D eigenvalue weighted by molar-refractivity contribution is 0.0521. The number of furan rings is 1. The Hall–Kier alpha value is -3.74. The van der Waals surface area contributed by atoms with Crippen molar-refractivity contribution in [2.75, 3.05) is 26.9 Å². The molecule has 0 N–H and O–H groups in total. The summed E-state index contributed by atoms with van der Waals surface area (Å²) in [6.07, 6.45) is 3.98. The highest BCUT2D eigenvalue weighted by Crippen LogP contribution is 2.34. The van der Waals surface area contributed by atoms with Crippen LogP contribution in [0.2, 0.25) is 0 Å². The molecule has 0 unspecified atom stereocenters. The molecule has 1 atom stereocenters. The van der Waals surface area contributed by atoms with Gasteiger partial charge in [-0.2, -0.15) is 0 Å². The lowest BCUT2D eigenvalue weighted by Crippen LogP contribution is -2.48. The van der Waals surface area contributed by atoms with Crippen LogP contribution in [0.15, 0.2) is 65.3 Å². The molecule has 1 saturated heterocycles. The Kier molecular flexibility index (Phi) is 6.49. The zero-order valence-corrected chi connectivity index (χ0v) is 20.1. The van der Waals surface area contributed by atoms with Gasteiger partial charge < -0.3 is 23.7 Å². The van der Waals surface area contributed by atoms with E-state index in [0.717, 1.165) is 19.3 Å². The van der Waals surface area contributed by atoms with Crippen LogP contribution in [0, 0.1) is 12.8 Å². The van der Waals surface area contributed by atoms with E-state index in [-0.39, 0.29) is 30.6 Å². The molecular formula is C28H30N2O5. The number of carbonyl (C=O) groups excluding carboxylic acids is 2. The van der Waals surface area contributed by atoms with Gasteiger partial charge in [-0.1, -0.05) is 30.3 Å². The number of benzene rings is 2. The van der Waals surface area contributed by atoms with Crippen molar-refractivity contribution in [1.82, 2.24) is 9.80 Å². The van der Waals surface area contributed by atoms with Gasteiger partial charge in [0, 0.05) is 31.7 Å². The van der Waals surface area contributed by atoms with Gasteiger partial charge >= 0.3 is 0 Å². The molecule has 0 aliphatic carbocycles. The van der Waals surface area contributed by atoms with Gasteiger partial charge in [0.1, 0.15) is 5.76 Å². The van der Waals surface area contributed by atoms with Crippen LogP contribution < -0.4 is 9.47 Å². The van der Waals surface area contributed by atoms with Gasteiger partial charge in [0.05, 0.1) is 11.8 Å². The second-order valence-electron chi connectivity index (χ2n) is 9.26. The first-order chi connectivity index (χ1) is 17.0. The highest BCUT2D eigenvalue weighted by molar-refractivity contribution is 5.95. The summed E-state index contributed by atoms with van der Waals surface area (Å²) in [5, 5.41) is 0. The lowest BCUT2D eigenvalue weighted by Gasteiger charge is -2.40. The maximum absolute atomic E-state index is 13.3. The SMILES string of the molecule is Cc1occc1C(=O)N(C)[C@H](Cc1ccccc1)C1CCN(C(=O)c2ccc3c(c2)OCO3)CC1. The molecule has 0 spiro atoms. The van der Waals surface area contributed by atoms with Gasteiger partial charge in [-0.05, 0) is 61.9 Å². The molecule has 2 aliphatic rings. The third kappa shape index (κ3) is 4.76. The number of ether oxygens (including phenoxy) is 2. The lowest BCUT2D eigenvalue weighted by atomic mass is 9.84. The Labute approximate surface area is 205 Å². The molecular weight excluding hydrogens is 444 g/mol. The minimum atomic E-state index is -0.0314. The van der Waals surface area contributed by atoms with E-state index in [0.29, 0.717) is 41.5 Å². The van der Waals surface area contributed by atoms with E-state index in [4.69, 9.17) is 13.9 Å². The normalized spacial score (nSPS) is 16.2. The van der Waals surface area contributed by atoms with Crippen molar-refractivity contribution in [3.8, 4) is 11.5 Å². The molecule has 0 saturated carbocycles. The number of likely N-dealkylation sites (tertiary alicyclic amines) is 1. The van der Waals surface area contributed by atoms with Crippen molar-refractivity contribution < 1.29 is 23.5 Å². The van der Waals surface area contributed by atoms with E-state index in [1.807, 2.05) is 42.0 Å². The molecule has 35 heavy (non-hydrogen) atoms. The topological polar surface area (TPSA) is 72.2 Å². The molecule has 2 aliphatic heterocycles. The standard InChI is InChI=1S/C28H30N2O5/c1-19-23(12-15-33-19)28(32)29(2)24(16-20-6-4-3-5-7-20)21-10-13-30(14-11-21)27(31)22-8-9-25-26(17-22)35-18-34-25/h3-9,12,15,17,21,24H,10-11,13-14,16,18H2,1-2H3/t24-/m1/s1. The van der Waals surface area contributed by atoms with Gasteiger partial charge in [-0.15, -0.1) is 0 Å². The highest BCUT2D eigenvalue weighted by atomic mass is 16.7. The van der Waals surface area contributed by atoms with Crippen LogP contribution in [0.5, 0.6) is 11.5 Å². The molecule has 1 fully saturated rings. The van der Waals surface area contributed by atoms with Crippen LogP contribution in [0.1, 0.15) is 44.9 Å². The summed E-state index contributed by atoms with van der Waals surface area (Å²) < 4.78 is 16.2. The first kappa shape index (κ1) is 23.0. The van der Waals surface area contributed by atoms with Gasteiger partial charge in [-0.3, -0.25) is 9.59 Å². The molecule has 0 bridgehead atoms. The summed E-state index contributed by atoms with van der Waals surface area (Å²) in [7, 11) is 1.88. The fourth-order valence-electron chi connectivity index (χ4n) is 5.12. The summed E-state index contributed by atoms with van der Waals surface area (Å²) >= 11 is 0. The zero-order chi connectivity index (χ0) is 24.4.